The molecule has 6 atom stereocenters. The Morgan fingerprint density at radius 3 is 1.56 bits per heavy atom. The first-order chi connectivity index (χ1) is 33.2. The van der Waals surface area contributed by atoms with Crippen molar-refractivity contribution in [1.29, 1.82) is 0 Å². The number of ether oxygens (including phenoxy) is 3. The van der Waals surface area contributed by atoms with Gasteiger partial charge in [0.05, 0.1) is 0 Å². The van der Waals surface area contributed by atoms with Gasteiger partial charge in [0.25, 0.3) is 0 Å². The fourth-order valence-corrected chi connectivity index (χ4v) is 7.95. The summed E-state index contributed by atoms with van der Waals surface area (Å²) >= 11 is 0. The lowest BCUT2D eigenvalue weighted by Gasteiger charge is -2.44. The van der Waals surface area contributed by atoms with Crippen LogP contribution in [0.3, 0.4) is 0 Å². The quantitative estimate of drug-likeness (QED) is 0.0560. The van der Waals surface area contributed by atoms with Crippen LogP contribution >= 0.6 is 0 Å². The topological polar surface area (TPSA) is 260 Å². The molecule has 7 N–H and O–H groups in total. The van der Waals surface area contributed by atoms with Crippen LogP contribution in [0.25, 0.3) is 0 Å². The van der Waals surface area contributed by atoms with E-state index in [1.54, 1.807) is 130 Å². The molecule has 19 nitrogen and oxygen atoms in total. The van der Waals surface area contributed by atoms with E-state index in [9.17, 15) is 43.5 Å². The summed E-state index contributed by atoms with van der Waals surface area (Å²) < 4.78 is 31.8. The van der Waals surface area contributed by atoms with E-state index in [0.717, 1.165) is 0 Å². The Kier molecular flexibility index (Phi) is 21.4. The summed E-state index contributed by atoms with van der Waals surface area (Å²) in [5.41, 5.74) is -5.07. The first-order valence-corrected chi connectivity index (χ1v) is 24.4. The number of alkyl halides is 1. The van der Waals surface area contributed by atoms with Crippen molar-refractivity contribution in [3.05, 3.63) is 71.8 Å². The third kappa shape index (κ3) is 21.5. The second-order valence-electron chi connectivity index (χ2n) is 22.0. The van der Waals surface area contributed by atoms with Gasteiger partial charge in [-0.15, -0.1) is 0 Å². The normalized spacial score (nSPS) is 17.9. The number of hydrogen-bond acceptors (Lipinski definition) is 11. The lowest BCUT2D eigenvalue weighted by Crippen LogP contribution is -2.65. The standard InChI is InChI=1S/C52H78FN7O12/c1-33-31-52(44(65)66,59-47(69)72-50(8,9)10)26-28-60(33)43(64)36(25-19-20-27-54-45(67)70-48(2,3)4)55-42(63)39(32-51(11,12)53)57-40(61)37(29-34-21-15-13-16-22-34)56-41(62)38(30-35-23-17-14-18-24-35)58-46(68)71-49(5,6)7/h13-18,21-24,33,36-39H,19-20,25-32H2,1-12H3,(H,54,67)(H,55,63)(H,56,62)(H,57,61)(H,58,68)(H,59,69)(H,65,66)/t33?,36-,37-,38-,39?,52?/m1/s1. The van der Waals surface area contributed by atoms with E-state index >= 15 is 4.39 Å². The molecule has 0 saturated carbocycles. The van der Waals surface area contributed by atoms with Crippen molar-refractivity contribution >= 4 is 47.9 Å². The molecule has 0 aliphatic carbocycles. The zero-order valence-corrected chi connectivity index (χ0v) is 44.0. The second kappa shape index (κ2) is 25.8. The van der Waals surface area contributed by atoms with E-state index in [1.807, 2.05) is 0 Å². The number of alkyl carbamates (subject to hydrolysis) is 3. The van der Waals surface area contributed by atoms with Crippen molar-refractivity contribution < 1.29 is 62.1 Å². The van der Waals surface area contributed by atoms with Crippen LogP contribution in [0.2, 0.25) is 0 Å². The number of aliphatic carboxylic acids is 1. The van der Waals surface area contributed by atoms with Gasteiger partial charge in [0.15, 0.2) is 0 Å². The van der Waals surface area contributed by atoms with Crippen molar-refractivity contribution in [3.8, 4) is 0 Å². The molecule has 1 fully saturated rings. The molecule has 3 unspecified atom stereocenters. The number of hydrogen-bond donors (Lipinski definition) is 7. The smallest absolute Gasteiger partial charge is 0.408 e. The van der Waals surface area contributed by atoms with Crippen LogP contribution in [0.5, 0.6) is 0 Å². The summed E-state index contributed by atoms with van der Waals surface area (Å²) in [6.07, 6.45) is -2.89. The monoisotopic (exact) mass is 1010 g/mol. The van der Waals surface area contributed by atoms with Crippen molar-refractivity contribution in [3.63, 3.8) is 0 Å². The molecule has 2 aromatic carbocycles. The van der Waals surface area contributed by atoms with Crippen LogP contribution in [-0.2, 0) is 51.0 Å². The average Bonchev–Trinajstić information content (AvgIpc) is 3.23. The zero-order valence-electron chi connectivity index (χ0n) is 44.0. The third-order valence-corrected chi connectivity index (χ3v) is 11.1. The number of carbonyl (C=O) groups is 8. The molecular formula is C52H78FN7O12. The number of amides is 7. The number of nitrogens with one attached hydrogen (secondary N) is 6. The molecule has 400 valence electrons. The van der Waals surface area contributed by atoms with Gasteiger partial charge in [-0.1, -0.05) is 60.7 Å². The second-order valence-corrected chi connectivity index (χ2v) is 22.0. The predicted octanol–water partition coefficient (Wildman–Crippen LogP) is 6.01. The number of carbonyl (C=O) groups excluding carboxylic acids is 7. The maximum Gasteiger partial charge on any atom is 0.408 e. The highest BCUT2D eigenvalue weighted by atomic mass is 19.1. The van der Waals surface area contributed by atoms with Crippen LogP contribution in [-0.4, -0.2) is 129 Å². The van der Waals surface area contributed by atoms with Crippen LogP contribution in [0, 0.1) is 0 Å². The molecule has 20 heteroatoms. The summed E-state index contributed by atoms with van der Waals surface area (Å²) in [4.78, 5) is 110. The van der Waals surface area contributed by atoms with Gasteiger partial charge in [-0.3, -0.25) is 19.2 Å². The predicted molar refractivity (Wildman–Crippen MR) is 267 cm³/mol. The summed E-state index contributed by atoms with van der Waals surface area (Å²) in [5, 5.41) is 26.2. The Morgan fingerprint density at radius 2 is 1.08 bits per heavy atom. The van der Waals surface area contributed by atoms with Gasteiger partial charge in [0.1, 0.15) is 52.2 Å². The minimum absolute atomic E-state index is 0.00382. The third-order valence-electron chi connectivity index (χ3n) is 11.1. The molecule has 3 rings (SSSR count). The Morgan fingerprint density at radius 1 is 0.639 bits per heavy atom. The van der Waals surface area contributed by atoms with E-state index in [-0.39, 0.29) is 51.6 Å². The van der Waals surface area contributed by atoms with Gasteiger partial charge in [0, 0.05) is 44.8 Å². The van der Waals surface area contributed by atoms with Gasteiger partial charge in [-0.2, -0.15) is 0 Å². The van der Waals surface area contributed by atoms with Crippen LogP contribution < -0.4 is 31.9 Å². The van der Waals surface area contributed by atoms with Gasteiger partial charge in [0.2, 0.25) is 23.6 Å². The molecule has 1 aliphatic rings. The molecule has 1 aliphatic heterocycles. The number of carboxylic acids is 1. The number of unbranched alkanes of at least 4 members (excludes halogenated alkanes) is 1. The maximum atomic E-state index is 15.7. The minimum Gasteiger partial charge on any atom is -0.480 e. The number of halogens is 1. The molecule has 7 amide bonds. The fourth-order valence-electron chi connectivity index (χ4n) is 7.95. The highest BCUT2D eigenvalue weighted by molar-refractivity contribution is 5.96. The molecule has 0 aromatic heterocycles. The molecule has 1 saturated heterocycles. The molecule has 72 heavy (non-hydrogen) atoms. The highest BCUT2D eigenvalue weighted by Crippen LogP contribution is 2.29. The first kappa shape index (κ1) is 59.8. The molecule has 2 aromatic rings. The molecular weight excluding hydrogens is 934 g/mol. The number of nitrogens with zero attached hydrogens (tertiary/aromatic N) is 1. The van der Waals surface area contributed by atoms with Crippen LogP contribution in [0.1, 0.15) is 133 Å². The van der Waals surface area contributed by atoms with Crippen molar-refractivity contribution in [1.82, 2.24) is 36.8 Å². The van der Waals surface area contributed by atoms with E-state index in [4.69, 9.17) is 14.2 Å². The first-order valence-electron chi connectivity index (χ1n) is 24.4. The number of piperidine rings is 1. The van der Waals surface area contributed by atoms with E-state index in [1.165, 1.54) is 18.7 Å². The number of benzene rings is 2. The van der Waals surface area contributed by atoms with E-state index in [2.05, 4.69) is 31.9 Å². The van der Waals surface area contributed by atoms with Crippen LogP contribution in [0.15, 0.2) is 60.7 Å². The van der Waals surface area contributed by atoms with E-state index in [0.29, 0.717) is 17.5 Å². The summed E-state index contributed by atoms with van der Waals surface area (Å²) in [6, 6.07) is 11.3. The largest absolute Gasteiger partial charge is 0.480 e. The van der Waals surface area contributed by atoms with Crippen molar-refractivity contribution in [2.24, 2.45) is 0 Å². The molecule has 0 radical (unpaired) electrons. The fraction of sp³-hybridized carbons (Fsp3) is 0.615. The maximum absolute atomic E-state index is 15.7. The lowest BCUT2D eigenvalue weighted by atomic mass is 9.83. The number of likely N-dealkylation sites (tertiary alicyclic amines) is 1. The minimum atomic E-state index is -2.05. The van der Waals surface area contributed by atoms with Gasteiger partial charge < -0.3 is 56.1 Å². The molecule has 1 heterocycles. The summed E-state index contributed by atoms with van der Waals surface area (Å²) in [6.45, 7) is 19.1. The summed E-state index contributed by atoms with van der Waals surface area (Å²) in [7, 11) is 0. The van der Waals surface area contributed by atoms with Crippen LogP contribution in [0.4, 0.5) is 18.8 Å². The lowest BCUT2D eigenvalue weighted by molar-refractivity contribution is -0.152. The average molecular weight is 1010 g/mol. The van der Waals surface area contributed by atoms with Crippen molar-refractivity contribution in [2.45, 2.75) is 193 Å². The highest BCUT2D eigenvalue weighted by Gasteiger charge is 2.48. The number of carboxylic acid groups (broad SMARTS) is 1. The van der Waals surface area contributed by atoms with Gasteiger partial charge in [-0.05, 0) is 120 Å². The Bertz CT molecular complexity index is 2170. The Balaban J connectivity index is 1.96. The SMILES string of the molecule is CC1CC(NC(=O)OC(C)(C)C)(C(=O)O)CCN1C(=O)[C@@H](CCCCNC(=O)OC(C)(C)C)NC(=O)C(CC(C)(C)F)NC(=O)[C@@H](Cc1ccccc1)NC(=O)[C@@H](Cc1ccccc1)NC(=O)OC(C)(C)C. The zero-order chi connectivity index (χ0) is 54.2. The number of rotatable bonds is 21. The Labute approximate surface area is 423 Å². The molecule has 0 spiro atoms. The summed E-state index contributed by atoms with van der Waals surface area (Å²) in [5.74, 6) is -4.46. The Hall–Kier alpha value is -6.47. The van der Waals surface area contributed by atoms with Gasteiger partial charge in [-0.25, -0.2) is 23.6 Å². The van der Waals surface area contributed by atoms with Gasteiger partial charge >= 0.3 is 24.2 Å². The van der Waals surface area contributed by atoms with E-state index < -0.39 is 113 Å². The molecule has 0 bridgehead atoms. The van der Waals surface area contributed by atoms with Crippen molar-refractivity contribution in [2.75, 3.05) is 13.1 Å².